The first kappa shape index (κ1) is 24.3. The Morgan fingerprint density at radius 3 is 2.00 bits per heavy atom. The molecule has 7 heteroatoms. The van der Waals surface area contributed by atoms with Crippen molar-refractivity contribution in [1.82, 2.24) is 0 Å². The summed E-state index contributed by atoms with van der Waals surface area (Å²) >= 11 is 0. The van der Waals surface area contributed by atoms with Crippen molar-refractivity contribution in [3.05, 3.63) is 82.9 Å². The summed E-state index contributed by atoms with van der Waals surface area (Å²) in [6, 6.07) is 17.5. The number of amides is 1. The quantitative estimate of drug-likeness (QED) is 0.491. The molecular formula is C26H30N2O4S. The zero-order valence-electron chi connectivity index (χ0n) is 19.8. The molecule has 0 atom stereocenters. The number of carbonyl (C=O) groups is 1. The molecule has 3 aromatic carbocycles. The number of benzene rings is 3. The van der Waals surface area contributed by atoms with Gasteiger partial charge in [0.05, 0.1) is 17.7 Å². The van der Waals surface area contributed by atoms with Crippen LogP contribution in [0, 0.1) is 13.8 Å². The standard InChI is InChI=1S/C26H30N2O4S/c1-17-14-23(32-6)15-18(2)24(17)33(30,31)28-22-9-7-8-21(16-22)27-25(29)19-10-12-20(13-11-19)26(3,4)5/h7-16,28H,1-6H3,(H,27,29). The fourth-order valence-corrected chi connectivity index (χ4v) is 5.15. The Bertz CT molecular complexity index is 1250. The lowest BCUT2D eigenvalue weighted by Gasteiger charge is -2.19. The molecule has 2 N–H and O–H groups in total. The minimum atomic E-state index is -3.83. The number of sulfonamides is 1. The molecule has 0 radical (unpaired) electrons. The first-order valence-electron chi connectivity index (χ1n) is 10.6. The number of nitrogens with one attached hydrogen (secondary N) is 2. The van der Waals surface area contributed by atoms with E-state index in [0.29, 0.717) is 33.8 Å². The third kappa shape index (κ3) is 5.73. The molecule has 3 rings (SSSR count). The van der Waals surface area contributed by atoms with Gasteiger partial charge in [-0.15, -0.1) is 0 Å². The molecule has 0 spiro atoms. The van der Waals surface area contributed by atoms with Gasteiger partial charge in [-0.25, -0.2) is 8.42 Å². The number of methoxy groups -OCH3 is 1. The normalized spacial score (nSPS) is 11.7. The molecule has 0 aliphatic rings. The van der Waals surface area contributed by atoms with E-state index >= 15 is 0 Å². The van der Waals surface area contributed by atoms with Gasteiger partial charge in [0.15, 0.2) is 0 Å². The zero-order chi connectivity index (χ0) is 24.4. The van der Waals surface area contributed by atoms with Crippen LogP contribution in [-0.2, 0) is 15.4 Å². The molecule has 0 aliphatic heterocycles. The van der Waals surface area contributed by atoms with E-state index in [1.165, 1.54) is 0 Å². The summed E-state index contributed by atoms with van der Waals surface area (Å²) in [6.45, 7) is 9.80. The van der Waals surface area contributed by atoms with Crippen molar-refractivity contribution in [2.45, 2.75) is 44.9 Å². The molecule has 3 aromatic rings. The maximum Gasteiger partial charge on any atom is 0.262 e. The maximum atomic E-state index is 13.1. The Kier molecular flexibility index (Phi) is 6.84. The van der Waals surface area contributed by atoms with Crippen LogP contribution in [0.15, 0.2) is 65.6 Å². The van der Waals surface area contributed by atoms with E-state index in [-0.39, 0.29) is 16.2 Å². The van der Waals surface area contributed by atoms with Gasteiger partial charge in [-0.1, -0.05) is 39.0 Å². The van der Waals surface area contributed by atoms with Crippen LogP contribution in [0.5, 0.6) is 5.75 Å². The van der Waals surface area contributed by atoms with Gasteiger partial charge < -0.3 is 10.1 Å². The van der Waals surface area contributed by atoms with Crippen molar-refractivity contribution in [1.29, 1.82) is 0 Å². The van der Waals surface area contributed by atoms with Gasteiger partial charge in [0.1, 0.15) is 5.75 Å². The van der Waals surface area contributed by atoms with Gasteiger partial charge in [0.25, 0.3) is 15.9 Å². The summed E-state index contributed by atoms with van der Waals surface area (Å²) in [7, 11) is -2.29. The largest absolute Gasteiger partial charge is 0.497 e. The molecule has 0 saturated carbocycles. The summed E-state index contributed by atoms with van der Waals surface area (Å²) in [5.41, 5.74) is 3.68. The van der Waals surface area contributed by atoms with E-state index in [4.69, 9.17) is 4.74 Å². The third-order valence-corrected chi connectivity index (χ3v) is 7.01. The predicted octanol–water partition coefficient (Wildman–Crippen LogP) is 5.66. The number of anilines is 2. The van der Waals surface area contributed by atoms with E-state index in [9.17, 15) is 13.2 Å². The lowest BCUT2D eigenvalue weighted by Crippen LogP contribution is -2.17. The van der Waals surface area contributed by atoms with E-state index in [1.807, 2.05) is 12.1 Å². The topological polar surface area (TPSA) is 84.5 Å². The van der Waals surface area contributed by atoms with E-state index in [0.717, 1.165) is 5.56 Å². The average molecular weight is 467 g/mol. The second-order valence-electron chi connectivity index (χ2n) is 9.06. The third-order valence-electron chi connectivity index (χ3n) is 5.32. The van der Waals surface area contributed by atoms with Crippen LogP contribution in [0.4, 0.5) is 11.4 Å². The Balaban J connectivity index is 1.79. The number of carbonyl (C=O) groups excluding carboxylic acids is 1. The number of rotatable bonds is 6. The molecule has 174 valence electrons. The second-order valence-corrected chi connectivity index (χ2v) is 10.7. The van der Waals surface area contributed by atoms with Crippen molar-refractivity contribution < 1.29 is 17.9 Å². The van der Waals surface area contributed by atoms with E-state index < -0.39 is 10.0 Å². The van der Waals surface area contributed by atoms with Gasteiger partial charge in [0.2, 0.25) is 0 Å². The summed E-state index contributed by atoms with van der Waals surface area (Å²) < 4.78 is 34.0. The average Bonchev–Trinajstić information content (AvgIpc) is 2.72. The van der Waals surface area contributed by atoms with Crippen molar-refractivity contribution in [2.24, 2.45) is 0 Å². The fraction of sp³-hybridized carbons (Fsp3) is 0.269. The summed E-state index contributed by atoms with van der Waals surface area (Å²) in [5, 5.41) is 2.83. The molecule has 0 heterocycles. The minimum absolute atomic E-state index is 0.00108. The maximum absolute atomic E-state index is 13.1. The molecule has 0 aliphatic carbocycles. The zero-order valence-corrected chi connectivity index (χ0v) is 20.6. The van der Waals surface area contributed by atoms with Gasteiger partial charge >= 0.3 is 0 Å². The lowest BCUT2D eigenvalue weighted by atomic mass is 9.87. The van der Waals surface area contributed by atoms with Gasteiger partial charge in [-0.2, -0.15) is 0 Å². The highest BCUT2D eigenvalue weighted by Gasteiger charge is 2.21. The van der Waals surface area contributed by atoms with Crippen molar-refractivity contribution >= 4 is 27.3 Å². The number of aryl methyl sites for hydroxylation is 2. The van der Waals surface area contributed by atoms with Crippen LogP contribution in [0.2, 0.25) is 0 Å². The van der Waals surface area contributed by atoms with Gasteiger partial charge in [-0.3, -0.25) is 9.52 Å². The lowest BCUT2D eigenvalue weighted by molar-refractivity contribution is 0.102. The molecule has 0 unspecified atom stereocenters. The van der Waals surface area contributed by atoms with Crippen LogP contribution >= 0.6 is 0 Å². The molecule has 1 amide bonds. The van der Waals surface area contributed by atoms with Crippen LogP contribution in [0.1, 0.15) is 47.8 Å². The number of ether oxygens (including phenoxy) is 1. The van der Waals surface area contributed by atoms with Crippen LogP contribution in [-0.4, -0.2) is 21.4 Å². The highest BCUT2D eigenvalue weighted by Crippen LogP contribution is 2.28. The molecule has 0 fully saturated rings. The molecule has 0 bridgehead atoms. The van der Waals surface area contributed by atoms with Crippen LogP contribution < -0.4 is 14.8 Å². The summed E-state index contributed by atoms with van der Waals surface area (Å²) in [5.74, 6) is 0.335. The first-order chi connectivity index (χ1) is 15.4. The second kappa shape index (κ2) is 9.27. The SMILES string of the molecule is COc1cc(C)c(S(=O)(=O)Nc2cccc(NC(=O)c3ccc(C(C)(C)C)cc3)c2)c(C)c1. The molecular weight excluding hydrogens is 436 g/mol. The Morgan fingerprint density at radius 2 is 1.45 bits per heavy atom. The highest BCUT2D eigenvalue weighted by molar-refractivity contribution is 7.92. The van der Waals surface area contributed by atoms with Crippen LogP contribution in [0.3, 0.4) is 0 Å². The van der Waals surface area contributed by atoms with Gasteiger partial charge in [0, 0.05) is 11.3 Å². The molecule has 0 saturated heterocycles. The smallest absolute Gasteiger partial charge is 0.262 e. The molecule has 6 nitrogen and oxygen atoms in total. The predicted molar refractivity (Wildman–Crippen MR) is 133 cm³/mol. The van der Waals surface area contributed by atoms with Gasteiger partial charge in [-0.05, 0) is 78.4 Å². The van der Waals surface area contributed by atoms with Crippen molar-refractivity contribution in [3.8, 4) is 5.75 Å². The Morgan fingerprint density at radius 1 is 0.879 bits per heavy atom. The van der Waals surface area contributed by atoms with Crippen molar-refractivity contribution in [2.75, 3.05) is 17.1 Å². The fourth-order valence-electron chi connectivity index (χ4n) is 3.64. The summed E-state index contributed by atoms with van der Waals surface area (Å²) in [6.07, 6.45) is 0. The summed E-state index contributed by atoms with van der Waals surface area (Å²) in [4.78, 5) is 12.9. The van der Waals surface area contributed by atoms with Crippen molar-refractivity contribution in [3.63, 3.8) is 0 Å². The highest BCUT2D eigenvalue weighted by atomic mass is 32.2. The number of hydrogen-bond acceptors (Lipinski definition) is 4. The van der Waals surface area contributed by atoms with E-state index in [2.05, 4.69) is 30.8 Å². The molecule has 33 heavy (non-hydrogen) atoms. The monoisotopic (exact) mass is 466 g/mol. The molecule has 0 aromatic heterocycles. The van der Waals surface area contributed by atoms with Crippen LogP contribution in [0.25, 0.3) is 0 Å². The number of hydrogen-bond donors (Lipinski definition) is 2. The first-order valence-corrected chi connectivity index (χ1v) is 12.1. The Labute approximate surface area is 196 Å². The van der Waals surface area contributed by atoms with E-state index in [1.54, 1.807) is 69.5 Å². The Hall–Kier alpha value is -3.32. The minimum Gasteiger partial charge on any atom is -0.497 e.